The Morgan fingerprint density at radius 2 is 1.58 bits per heavy atom. The molecule has 0 aromatic heterocycles. The van der Waals surface area contributed by atoms with Crippen LogP contribution in [-0.2, 0) is 14.6 Å². The molecule has 0 atom stereocenters. The van der Waals surface area contributed by atoms with Gasteiger partial charge in [0.15, 0.2) is 0 Å². The summed E-state index contributed by atoms with van der Waals surface area (Å²) < 4.78 is 63.3. The lowest BCUT2D eigenvalue weighted by atomic mass is 10.2. The summed E-state index contributed by atoms with van der Waals surface area (Å²) in [4.78, 5) is 16.7. The van der Waals surface area contributed by atoms with Crippen molar-refractivity contribution in [3.63, 3.8) is 0 Å². The molecule has 1 fully saturated rings. The Hall–Kier alpha value is -2.05. The maximum atomic E-state index is 13.0. The van der Waals surface area contributed by atoms with Crippen molar-refractivity contribution >= 4 is 54.6 Å². The number of alkyl halides is 3. The second-order valence-electron chi connectivity index (χ2n) is 6.56. The highest BCUT2D eigenvalue weighted by Gasteiger charge is 2.47. The van der Waals surface area contributed by atoms with E-state index in [4.69, 9.17) is 12.2 Å². The number of hydrogen-bond acceptors (Lipinski definition) is 7. The molecule has 0 radical (unpaired) electrons. The Morgan fingerprint density at radius 1 is 1.00 bits per heavy atom. The van der Waals surface area contributed by atoms with Crippen molar-refractivity contribution in [2.75, 3.05) is 29.4 Å². The van der Waals surface area contributed by atoms with Crippen molar-refractivity contribution in [3.05, 3.63) is 41.9 Å². The molecule has 0 bridgehead atoms. The molecule has 12 heteroatoms. The minimum Gasteiger partial charge on any atom is -0.326 e. The largest absolute Gasteiger partial charge is 0.501 e. The Kier molecular flexibility index (Phi) is 6.45. The van der Waals surface area contributed by atoms with Gasteiger partial charge in [-0.15, -0.1) is 0 Å². The van der Waals surface area contributed by atoms with Crippen molar-refractivity contribution in [2.45, 2.75) is 31.2 Å². The molecule has 1 aromatic carbocycles. The van der Waals surface area contributed by atoms with Crippen LogP contribution in [0.5, 0.6) is 0 Å². The van der Waals surface area contributed by atoms with Crippen LogP contribution >= 0.6 is 24.0 Å². The fourth-order valence-electron chi connectivity index (χ4n) is 3.49. The number of hydrogen-bond donors (Lipinski definition) is 0. The lowest BCUT2D eigenvalue weighted by Gasteiger charge is -2.23. The van der Waals surface area contributed by atoms with Crippen molar-refractivity contribution in [3.8, 4) is 0 Å². The maximum absolute atomic E-state index is 13.0. The summed E-state index contributed by atoms with van der Waals surface area (Å²) in [6, 6.07) is 3.38. The maximum Gasteiger partial charge on any atom is 0.501 e. The third-order valence-electron chi connectivity index (χ3n) is 4.94. The van der Waals surface area contributed by atoms with Crippen molar-refractivity contribution in [2.24, 2.45) is 0 Å². The number of benzene rings is 1. The first-order valence-corrected chi connectivity index (χ1v) is 12.1. The van der Waals surface area contributed by atoms with E-state index in [0.29, 0.717) is 46.8 Å². The number of nitrogens with zero attached hydrogens (tertiary/aromatic N) is 3. The summed E-state index contributed by atoms with van der Waals surface area (Å²) in [7, 11) is -5.47. The van der Waals surface area contributed by atoms with Gasteiger partial charge in [0.05, 0.1) is 22.0 Å². The molecule has 0 saturated carbocycles. The zero-order chi connectivity index (χ0) is 23.1. The van der Waals surface area contributed by atoms with Crippen LogP contribution in [0.25, 0.3) is 0 Å². The van der Waals surface area contributed by atoms with Gasteiger partial charge in [0.25, 0.3) is 9.84 Å². The van der Waals surface area contributed by atoms with Gasteiger partial charge in [0, 0.05) is 19.6 Å². The average molecular weight is 492 g/mol. The van der Waals surface area contributed by atoms with Gasteiger partial charge >= 0.3 is 5.51 Å². The van der Waals surface area contributed by atoms with Crippen LogP contribution in [0.1, 0.15) is 20.8 Å². The van der Waals surface area contributed by atoms with Gasteiger partial charge in [0.1, 0.15) is 10.1 Å². The number of anilines is 2. The number of rotatable bonds is 5. The van der Waals surface area contributed by atoms with Crippen LogP contribution in [0, 0.1) is 0 Å². The first-order valence-electron chi connectivity index (χ1n) is 9.44. The van der Waals surface area contributed by atoms with Crippen LogP contribution in [0.15, 0.2) is 46.8 Å². The molecule has 1 aromatic rings. The van der Waals surface area contributed by atoms with E-state index < -0.39 is 20.2 Å². The van der Waals surface area contributed by atoms with Gasteiger partial charge in [-0.3, -0.25) is 4.79 Å². The molecule has 2 heterocycles. The minimum atomic E-state index is -5.47. The zero-order valence-electron chi connectivity index (χ0n) is 16.9. The summed E-state index contributed by atoms with van der Waals surface area (Å²) in [5.74, 6) is 0.626. The van der Waals surface area contributed by atoms with Crippen LogP contribution < -0.4 is 9.80 Å². The molecule has 0 amide bonds. The quantitative estimate of drug-likeness (QED) is 0.448. The lowest BCUT2D eigenvalue weighted by Crippen LogP contribution is -2.28. The molecule has 0 spiro atoms. The second kappa shape index (κ2) is 8.47. The average Bonchev–Trinajstić information content (AvgIpc) is 3.16. The molecule has 3 rings (SSSR count). The van der Waals surface area contributed by atoms with E-state index in [-0.39, 0.29) is 5.12 Å². The van der Waals surface area contributed by atoms with E-state index in [2.05, 4.69) is 0 Å². The SMILES string of the molecule is CCN1C(=S)SC(=O)/C1=C/C=C1/N(CC)c2ccc(S(=O)(=O)C(F)(F)F)cc2N1CC. The first-order chi connectivity index (χ1) is 14.5. The van der Waals surface area contributed by atoms with E-state index in [1.54, 1.807) is 28.9 Å². The van der Waals surface area contributed by atoms with E-state index in [1.165, 1.54) is 6.07 Å². The highest BCUT2D eigenvalue weighted by Crippen LogP contribution is 2.44. The van der Waals surface area contributed by atoms with Crippen LogP contribution in [-0.4, -0.2) is 47.9 Å². The van der Waals surface area contributed by atoms with Gasteiger partial charge in [0.2, 0.25) is 5.12 Å². The molecule has 2 aliphatic rings. The highest BCUT2D eigenvalue weighted by atomic mass is 32.2. The second-order valence-corrected chi connectivity index (χ2v) is 10.1. The number of thioether (sulfide) groups is 1. The Balaban J connectivity index is 2.09. The van der Waals surface area contributed by atoms with Crippen LogP contribution in [0.4, 0.5) is 24.5 Å². The standard InChI is InChI=1S/C19H20F3N3O3S3/c1-4-23-13-8-7-12(31(27,28)19(20,21)22)11-15(13)24(5-2)16(23)10-9-14-17(26)30-18(29)25(14)6-3/h7-11H,4-6H2,1-3H3/b14-9-,16-10-. The van der Waals surface area contributed by atoms with E-state index in [1.807, 2.05) is 18.7 Å². The molecule has 0 aliphatic carbocycles. The van der Waals surface area contributed by atoms with E-state index in [9.17, 15) is 26.4 Å². The fourth-order valence-corrected chi connectivity index (χ4v) is 5.51. The van der Waals surface area contributed by atoms with Crippen molar-refractivity contribution < 1.29 is 26.4 Å². The fraction of sp³-hybridized carbons (Fsp3) is 0.368. The molecule has 6 nitrogen and oxygen atoms in total. The Morgan fingerprint density at radius 3 is 2.13 bits per heavy atom. The molecular formula is C19H20F3N3O3S3. The predicted octanol–water partition coefficient (Wildman–Crippen LogP) is 4.25. The molecule has 0 unspecified atom stereocenters. The predicted molar refractivity (Wildman–Crippen MR) is 119 cm³/mol. The zero-order valence-corrected chi connectivity index (χ0v) is 19.4. The van der Waals surface area contributed by atoms with Gasteiger partial charge in [-0.1, -0.05) is 12.2 Å². The van der Waals surface area contributed by atoms with Gasteiger partial charge < -0.3 is 14.7 Å². The molecule has 0 N–H and O–H groups in total. The summed E-state index contributed by atoms with van der Waals surface area (Å²) in [6.45, 7) is 6.94. The van der Waals surface area contributed by atoms with Gasteiger partial charge in [-0.05, 0) is 62.9 Å². The lowest BCUT2D eigenvalue weighted by molar-refractivity contribution is -0.108. The van der Waals surface area contributed by atoms with Gasteiger partial charge in [-0.25, -0.2) is 8.42 Å². The molecule has 1 saturated heterocycles. The van der Waals surface area contributed by atoms with E-state index in [0.717, 1.165) is 23.9 Å². The number of halogens is 3. The Labute approximate surface area is 188 Å². The molecule has 31 heavy (non-hydrogen) atoms. The minimum absolute atomic E-state index is 0.177. The summed E-state index contributed by atoms with van der Waals surface area (Å²) >= 11 is 6.18. The third-order valence-corrected chi connectivity index (χ3v) is 7.68. The molecule has 168 valence electrons. The summed E-state index contributed by atoms with van der Waals surface area (Å²) in [5, 5.41) is -0.177. The number of allylic oxidation sites excluding steroid dienone is 2. The van der Waals surface area contributed by atoms with Crippen LogP contribution in [0.2, 0.25) is 0 Å². The molecular weight excluding hydrogens is 471 g/mol. The van der Waals surface area contributed by atoms with Gasteiger partial charge in [-0.2, -0.15) is 13.2 Å². The van der Waals surface area contributed by atoms with Crippen LogP contribution in [0.3, 0.4) is 0 Å². The molecule has 2 aliphatic heterocycles. The monoisotopic (exact) mass is 491 g/mol. The number of carbonyl (C=O) groups is 1. The van der Waals surface area contributed by atoms with Crippen molar-refractivity contribution in [1.29, 1.82) is 0 Å². The Bertz CT molecular complexity index is 1100. The van der Waals surface area contributed by atoms with Crippen molar-refractivity contribution in [1.82, 2.24) is 4.90 Å². The summed E-state index contributed by atoms with van der Waals surface area (Å²) in [6.07, 6.45) is 3.34. The first kappa shape index (κ1) is 23.6. The third kappa shape index (κ3) is 3.96. The summed E-state index contributed by atoms with van der Waals surface area (Å²) in [5.41, 5.74) is -4.01. The highest BCUT2D eigenvalue weighted by molar-refractivity contribution is 8.33. The smallest absolute Gasteiger partial charge is 0.326 e. The number of thiocarbonyl (C=S) groups is 1. The number of carbonyl (C=O) groups excluding carboxylic acids is 1. The normalized spacial score (nSPS) is 19.9. The number of fused-ring (bicyclic) bond motifs is 1. The number of sulfone groups is 1. The van der Waals surface area contributed by atoms with E-state index >= 15 is 0 Å². The number of likely N-dealkylation sites (N-methyl/N-ethyl adjacent to an activating group) is 1. The topological polar surface area (TPSA) is 60.9 Å².